The summed E-state index contributed by atoms with van der Waals surface area (Å²) in [6, 6.07) is 0. The van der Waals surface area contributed by atoms with E-state index in [9.17, 15) is 5.11 Å². The van der Waals surface area contributed by atoms with E-state index in [1.165, 1.54) is 70.2 Å². The molecule has 0 amide bonds. The maximum absolute atomic E-state index is 10.7. The fraction of sp³-hybridized carbons (Fsp3) is 0.862. The first-order valence-electron chi connectivity index (χ1n) is 13.5. The van der Waals surface area contributed by atoms with Crippen LogP contribution in [-0.2, 0) is 0 Å². The molecule has 4 aliphatic carbocycles. The van der Waals surface area contributed by atoms with E-state index in [2.05, 4.69) is 51.7 Å². The summed E-state index contributed by atoms with van der Waals surface area (Å²) in [6.07, 6.45) is 16.8. The van der Waals surface area contributed by atoms with E-state index >= 15 is 0 Å². The van der Waals surface area contributed by atoms with Crippen LogP contribution in [0.1, 0.15) is 92.4 Å². The average Bonchev–Trinajstić information content (AvgIpc) is 3.09. The molecule has 5 aliphatic rings. The van der Waals surface area contributed by atoms with Crippen molar-refractivity contribution in [3.05, 3.63) is 23.3 Å². The molecule has 2 heteroatoms. The summed E-state index contributed by atoms with van der Waals surface area (Å²) in [4.78, 5) is 2.77. The zero-order valence-corrected chi connectivity index (χ0v) is 20.9. The van der Waals surface area contributed by atoms with Crippen LogP contribution in [0.5, 0.6) is 0 Å². The Kier molecular flexibility index (Phi) is 5.53. The van der Waals surface area contributed by atoms with Gasteiger partial charge < -0.3 is 10.0 Å². The van der Waals surface area contributed by atoms with Crippen molar-refractivity contribution in [3.63, 3.8) is 0 Å². The minimum atomic E-state index is -0.192. The molecule has 2 unspecified atom stereocenters. The fourth-order valence-electron chi connectivity index (χ4n) is 9.36. The highest BCUT2D eigenvalue weighted by Crippen LogP contribution is 2.67. The normalized spacial score (nSPS) is 45.7. The van der Waals surface area contributed by atoms with Gasteiger partial charge in [-0.25, -0.2) is 0 Å². The average molecular weight is 426 g/mol. The number of likely N-dealkylation sites (tertiary alicyclic amines) is 1. The van der Waals surface area contributed by atoms with Crippen molar-refractivity contribution in [2.75, 3.05) is 19.6 Å². The van der Waals surface area contributed by atoms with Gasteiger partial charge in [-0.05, 0) is 99.0 Å². The number of fused-ring (bicyclic) bond motifs is 5. The van der Waals surface area contributed by atoms with E-state index in [0.29, 0.717) is 11.3 Å². The van der Waals surface area contributed by atoms with Gasteiger partial charge in [-0.1, -0.05) is 64.3 Å². The van der Waals surface area contributed by atoms with Gasteiger partial charge in [0.25, 0.3) is 0 Å². The molecule has 7 atom stereocenters. The van der Waals surface area contributed by atoms with Crippen LogP contribution in [0, 0.1) is 39.9 Å². The van der Waals surface area contributed by atoms with Gasteiger partial charge in [0.05, 0.1) is 6.10 Å². The Labute approximate surface area is 191 Å². The van der Waals surface area contributed by atoms with Crippen molar-refractivity contribution in [1.29, 1.82) is 0 Å². The minimum absolute atomic E-state index is 0.0864. The molecular weight excluding hydrogens is 378 g/mol. The lowest BCUT2D eigenvalue weighted by Gasteiger charge is -2.58. The first-order chi connectivity index (χ1) is 14.7. The summed E-state index contributed by atoms with van der Waals surface area (Å²) in [5.74, 6) is 3.18. The van der Waals surface area contributed by atoms with Crippen molar-refractivity contribution in [3.8, 4) is 0 Å². The highest BCUT2D eigenvalue weighted by Gasteiger charge is 2.59. The lowest BCUT2D eigenvalue weighted by Crippen LogP contribution is -2.51. The van der Waals surface area contributed by atoms with Crippen LogP contribution in [0.15, 0.2) is 23.3 Å². The summed E-state index contributed by atoms with van der Waals surface area (Å²) in [5.41, 5.74) is 3.98. The number of hydrogen-bond donors (Lipinski definition) is 1. The maximum atomic E-state index is 10.7. The van der Waals surface area contributed by atoms with Gasteiger partial charge >= 0.3 is 0 Å². The summed E-state index contributed by atoms with van der Waals surface area (Å²) >= 11 is 0. The number of piperidine rings is 1. The van der Waals surface area contributed by atoms with Crippen molar-refractivity contribution >= 4 is 0 Å². The Bertz CT molecular complexity index is 759. The van der Waals surface area contributed by atoms with Gasteiger partial charge in [-0.3, -0.25) is 0 Å². The van der Waals surface area contributed by atoms with E-state index < -0.39 is 0 Å². The van der Waals surface area contributed by atoms with Crippen LogP contribution in [0.25, 0.3) is 0 Å². The Morgan fingerprint density at radius 2 is 1.68 bits per heavy atom. The third-order valence-electron chi connectivity index (χ3n) is 11.2. The lowest BCUT2D eigenvalue weighted by atomic mass is 9.47. The molecule has 3 saturated carbocycles. The van der Waals surface area contributed by atoms with Gasteiger partial charge in [0.15, 0.2) is 0 Å². The van der Waals surface area contributed by atoms with Gasteiger partial charge in [0.1, 0.15) is 0 Å². The zero-order valence-electron chi connectivity index (χ0n) is 20.9. The van der Waals surface area contributed by atoms with Crippen LogP contribution in [-0.4, -0.2) is 35.7 Å². The molecule has 1 saturated heterocycles. The first-order valence-corrected chi connectivity index (χ1v) is 13.5. The summed E-state index contributed by atoms with van der Waals surface area (Å²) in [7, 11) is 0. The summed E-state index contributed by atoms with van der Waals surface area (Å²) in [6.45, 7) is 16.3. The van der Waals surface area contributed by atoms with Crippen molar-refractivity contribution in [2.45, 2.75) is 98.5 Å². The largest absolute Gasteiger partial charge is 0.392 e. The Balaban J connectivity index is 1.40. The Morgan fingerprint density at radius 3 is 2.42 bits per heavy atom. The van der Waals surface area contributed by atoms with E-state index in [4.69, 9.17) is 0 Å². The monoisotopic (exact) mass is 425 g/mol. The van der Waals surface area contributed by atoms with Crippen LogP contribution >= 0.6 is 0 Å². The molecule has 0 radical (unpaired) electrons. The predicted molar refractivity (Wildman–Crippen MR) is 130 cm³/mol. The highest BCUT2D eigenvalue weighted by atomic mass is 16.3. The van der Waals surface area contributed by atoms with Crippen LogP contribution < -0.4 is 0 Å². The molecule has 0 spiro atoms. The molecule has 0 aromatic rings. The Hall–Kier alpha value is -0.600. The topological polar surface area (TPSA) is 23.5 Å². The molecular formula is C29H47NO. The third-order valence-corrected chi connectivity index (χ3v) is 11.2. The summed E-state index contributed by atoms with van der Waals surface area (Å²) < 4.78 is 0. The van der Waals surface area contributed by atoms with E-state index in [0.717, 1.165) is 30.6 Å². The van der Waals surface area contributed by atoms with Gasteiger partial charge in [0, 0.05) is 12.0 Å². The number of aliphatic hydroxyl groups is 1. The maximum Gasteiger partial charge on any atom is 0.0628 e. The molecule has 0 aromatic carbocycles. The predicted octanol–water partition coefficient (Wildman–Crippen LogP) is 6.60. The Morgan fingerprint density at radius 1 is 0.935 bits per heavy atom. The van der Waals surface area contributed by atoms with Crippen molar-refractivity contribution in [1.82, 2.24) is 4.90 Å². The molecule has 1 aliphatic heterocycles. The molecule has 174 valence electrons. The van der Waals surface area contributed by atoms with E-state index in [1.807, 2.05) is 0 Å². The van der Waals surface area contributed by atoms with Crippen LogP contribution in [0.4, 0.5) is 0 Å². The lowest BCUT2D eigenvalue weighted by molar-refractivity contribution is -0.0181. The minimum Gasteiger partial charge on any atom is -0.392 e. The van der Waals surface area contributed by atoms with E-state index in [1.54, 1.807) is 5.57 Å². The number of nitrogens with zero attached hydrogens (tertiary/aromatic N) is 1. The van der Waals surface area contributed by atoms with Crippen molar-refractivity contribution in [2.24, 2.45) is 39.9 Å². The molecule has 0 bridgehead atoms. The number of rotatable bonds is 3. The zero-order chi connectivity index (χ0) is 22.0. The molecule has 31 heavy (non-hydrogen) atoms. The number of allylic oxidation sites excluding steroid dienone is 3. The second-order valence-electron chi connectivity index (χ2n) is 13.1. The van der Waals surface area contributed by atoms with E-state index in [-0.39, 0.29) is 16.9 Å². The molecule has 4 fully saturated rings. The molecule has 0 aromatic heterocycles. The highest BCUT2D eigenvalue weighted by molar-refractivity contribution is 5.41. The third kappa shape index (κ3) is 3.33. The quantitative estimate of drug-likeness (QED) is 0.550. The first kappa shape index (κ1) is 22.2. The number of hydrogen-bond acceptors (Lipinski definition) is 2. The van der Waals surface area contributed by atoms with Gasteiger partial charge in [0.2, 0.25) is 0 Å². The van der Waals surface area contributed by atoms with Gasteiger partial charge in [-0.2, -0.15) is 0 Å². The van der Waals surface area contributed by atoms with Crippen molar-refractivity contribution < 1.29 is 5.11 Å². The van der Waals surface area contributed by atoms with Gasteiger partial charge in [-0.15, -0.1) is 0 Å². The molecule has 1 heterocycles. The second-order valence-corrected chi connectivity index (χ2v) is 13.1. The molecule has 1 N–H and O–H groups in total. The molecule has 5 rings (SSSR count). The smallest absolute Gasteiger partial charge is 0.0628 e. The molecule has 2 nitrogen and oxygen atoms in total. The fourth-order valence-corrected chi connectivity index (χ4v) is 9.36. The number of aliphatic hydroxyl groups excluding tert-OH is 1. The summed E-state index contributed by atoms with van der Waals surface area (Å²) in [5, 5.41) is 10.7. The SMILES string of the molecule is C[C@H](CN1CCCCC1)[C@H]1CCC2C3=CC=C4C(C)(C)[C@@H](O)CC[C@]4(C)C3CC[C@@]21C. The standard InChI is InChI=1S/C29H47NO/c1-20(19-30-17-7-6-8-18-30)22-10-11-23-21-9-12-25-27(2,3)26(31)14-16-29(25,5)24(21)13-15-28(22,23)4/h9,12,20,22-24,26,31H,6-8,10-11,13-19H2,1-5H3/t20-,22-,23?,24?,26+,28-,29-/m1/s1. The second kappa shape index (κ2) is 7.73. The van der Waals surface area contributed by atoms with Crippen LogP contribution in [0.2, 0.25) is 0 Å². The van der Waals surface area contributed by atoms with Crippen LogP contribution in [0.3, 0.4) is 0 Å².